The summed E-state index contributed by atoms with van der Waals surface area (Å²) in [6.07, 6.45) is 6.75. The van der Waals surface area contributed by atoms with Gasteiger partial charge >= 0.3 is 0 Å². The van der Waals surface area contributed by atoms with Gasteiger partial charge in [-0.15, -0.1) is 12.4 Å². The van der Waals surface area contributed by atoms with Crippen LogP contribution in [0.25, 0.3) is 0 Å². The van der Waals surface area contributed by atoms with Gasteiger partial charge in [-0.1, -0.05) is 25.0 Å². The summed E-state index contributed by atoms with van der Waals surface area (Å²) in [5.41, 5.74) is 1.01. The van der Waals surface area contributed by atoms with Crippen LogP contribution in [0, 0.1) is 17.2 Å². The molecule has 24 heavy (non-hydrogen) atoms. The van der Waals surface area contributed by atoms with E-state index in [9.17, 15) is 9.18 Å². The zero-order chi connectivity index (χ0) is 15.9. The average molecular weight is 353 g/mol. The molecular formula is C19H26ClFN2O. The number of benzene rings is 1. The summed E-state index contributed by atoms with van der Waals surface area (Å²) in [6, 6.07) is 6.78. The van der Waals surface area contributed by atoms with Crippen LogP contribution in [-0.4, -0.2) is 25.5 Å². The summed E-state index contributed by atoms with van der Waals surface area (Å²) in [7, 11) is 0. The lowest BCUT2D eigenvalue weighted by Crippen LogP contribution is -2.49. The molecule has 1 aromatic rings. The first-order valence-corrected chi connectivity index (χ1v) is 8.90. The number of halogens is 2. The van der Waals surface area contributed by atoms with E-state index in [0.29, 0.717) is 12.5 Å². The lowest BCUT2D eigenvalue weighted by atomic mass is 9.67. The van der Waals surface area contributed by atoms with Crippen LogP contribution < -0.4 is 10.6 Å². The van der Waals surface area contributed by atoms with Crippen molar-refractivity contribution in [3.05, 3.63) is 35.6 Å². The van der Waals surface area contributed by atoms with Gasteiger partial charge in [0.05, 0.1) is 5.41 Å². The highest BCUT2D eigenvalue weighted by Gasteiger charge is 2.51. The molecule has 2 aliphatic carbocycles. The Balaban J connectivity index is 0.00000169. The van der Waals surface area contributed by atoms with Crippen molar-refractivity contribution in [2.75, 3.05) is 19.6 Å². The number of hydrogen-bond acceptors (Lipinski definition) is 2. The SMILES string of the molecule is Cl.O=C(NCC1(c2ccc(F)cc2)CC1)[C@@]12CCCC[C@H]1CNC2. The van der Waals surface area contributed by atoms with Gasteiger partial charge < -0.3 is 10.6 Å². The molecule has 0 spiro atoms. The minimum absolute atomic E-state index is 0. The second kappa shape index (κ2) is 6.64. The van der Waals surface area contributed by atoms with Crippen molar-refractivity contribution in [3.8, 4) is 0 Å². The van der Waals surface area contributed by atoms with Gasteiger partial charge in [0.15, 0.2) is 0 Å². The van der Waals surface area contributed by atoms with Gasteiger partial charge in [0.25, 0.3) is 0 Å². The Morgan fingerprint density at radius 1 is 1.21 bits per heavy atom. The molecule has 0 aromatic heterocycles. The fourth-order valence-corrected chi connectivity index (χ4v) is 4.64. The van der Waals surface area contributed by atoms with Crippen LogP contribution in [0.3, 0.4) is 0 Å². The molecule has 1 heterocycles. The number of fused-ring (bicyclic) bond motifs is 1. The first kappa shape index (κ1) is 17.7. The molecule has 1 aliphatic heterocycles. The lowest BCUT2D eigenvalue weighted by molar-refractivity contribution is -0.134. The van der Waals surface area contributed by atoms with Gasteiger partial charge in [0.1, 0.15) is 5.82 Å². The molecule has 2 atom stereocenters. The number of nitrogens with one attached hydrogen (secondary N) is 2. The molecule has 3 nitrogen and oxygen atoms in total. The molecule has 1 saturated heterocycles. The van der Waals surface area contributed by atoms with E-state index in [1.165, 1.54) is 25.0 Å². The maximum absolute atomic E-state index is 13.1. The van der Waals surface area contributed by atoms with Crippen LogP contribution in [0.4, 0.5) is 4.39 Å². The van der Waals surface area contributed by atoms with Crippen molar-refractivity contribution in [3.63, 3.8) is 0 Å². The Hall–Kier alpha value is -1.13. The van der Waals surface area contributed by atoms with E-state index in [2.05, 4.69) is 10.6 Å². The molecule has 1 amide bonds. The second-order valence-corrected chi connectivity index (χ2v) is 7.70. The summed E-state index contributed by atoms with van der Waals surface area (Å²) in [4.78, 5) is 13.0. The van der Waals surface area contributed by atoms with E-state index in [4.69, 9.17) is 0 Å². The van der Waals surface area contributed by atoms with Crippen molar-refractivity contribution in [1.82, 2.24) is 10.6 Å². The van der Waals surface area contributed by atoms with Gasteiger partial charge in [0.2, 0.25) is 5.91 Å². The molecule has 5 heteroatoms. The number of carbonyl (C=O) groups excluding carboxylic acids is 1. The fourth-order valence-electron chi connectivity index (χ4n) is 4.64. The molecule has 3 aliphatic rings. The average Bonchev–Trinajstić information content (AvgIpc) is 3.23. The van der Waals surface area contributed by atoms with Gasteiger partial charge in [-0.2, -0.15) is 0 Å². The predicted molar refractivity (Wildman–Crippen MR) is 94.8 cm³/mol. The van der Waals surface area contributed by atoms with Crippen LogP contribution in [0.5, 0.6) is 0 Å². The number of rotatable bonds is 4. The number of amides is 1. The first-order chi connectivity index (χ1) is 11.1. The summed E-state index contributed by atoms with van der Waals surface area (Å²) in [5.74, 6) is 0.535. The van der Waals surface area contributed by atoms with Crippen molar-refractivity contribution >= 4 is 18.3 Å². The van der Waals surface area contributed by atoms with E-state index >= 15 is 0 Å². The molecule has 0 bridgehead atoms. The van der Waals surface area contributed by atoms with Crippen molar-refractivity contribution in [2.45, 2.75) is 43.9 Å². The highest BCUT2D eigenvalue weighted by atomic mass is 35.5. The Kier molecular flexibility index (Phi) is 4.89. The van der Waals surface area contributed by atoms with Crippen molar-refractivity contribution in [1.29, 1.82) is 0 Å². The Labute approximate surface area is 149 Å². The smallest absolute Gasteiger partial charge is 0.227 e. The summed E-state index contributed by atoms with van der Waals surface area (Å²) < 4.78 is 13.1. The van der Waals surface area contributed by atoms with E-state index in [-0.39, 0.29) is 35.0 Å². The lowest BCUT2D eigenvalue weighted by Gasteiger charge is -2.37. The largest absolute Gasteiger partial charge is 0.355 e. The number of carbonyl (C=O) groups is 1. The van der Waals surface area contributed by atoms with Crippen LogP contribution in [0.15, 0.2) is 24.3 Å². The molecule has 0 unspecified atom stereocenters. The monoisotopic (exact) mass is 352 g/mol. The van der Waals surface area contributed by atoms with E-state index < -0.39 is 0 Å². The molecule has 132 valence electrons. The fraction of sp³-hybridized carbons (Fsp3) is 0.632. The molecule has 0 radical (unpaired) electrons. The highest BCUT2D eigenvalue weighted by molar-refractivity contribution is 5.85. The van der Waals surface area contributed by atoms with Gasteiger partial charge in [-0.3, -0.25) is 4.79 Å². The minimum atomic E-state index is -0.199. The zero-order valence-corrected chi connectivity index (χ0v) is 14.8. The third-order valence-corrected chi connectivity index (χ3v) is 6.39. The first-order valence-electron chi connectivity index (χ1n) is 8.90. The molecule has 1 aromatic carbocycles. The zero-order valence-electron chi connectivity index (χ0n) is 13.9. The highest BCUT2D eigenvalue weighted by Crippen LogP contribution is 2.48. The molecule has 4 rings (SSSR count). The predicted octanol–water partition coefficient (Wildman–Crippen LogP) is 3.18. The van der Waals surface area contributed by atoms with Crippen LogP contribution in [0.1, 0.15) is 44.1 Å². The van der Waals surface area contributed by atoms with Gasteiger partial charge in [-0.05, 0) is 55.8 Å². The van der Waals surface area contributed by atoms with Crippen LogP contribution in [0.2, 0.25) is 0 Å². The Morgan fingerprint density at radius 2 is 1.96 bits per heavy atom. The van der Waals surface area contributed by atoms with E-state index in [0.717, 1.165) is 44.3 Å². The normalized spacial score (nSPS) is 30.1. The van der Waals surface area contributed by atoms with Crippen molar-refractivity contribution < 1.29 is 9.18 Å². The van der Waals surface area contributed by atoms with Gasteiger partial charge in [0, 0.05) is 18.5 Å². The standard InChI is InChI=1S/C19H25FN2O.ClH/c20-16-6-4-14(5-7-16)18(9-10-18)12-22-17(23)19-8-2-1-3-15(19)11-21-13-19;/h4-7,15,21H,1-3,8-13H2,(H,22,23);1H/t15-,19+;/m0./s1. The van der Waals surface area contributed by atoms with Gasteiger partial charge in [-0.25, -0.2) is 4.39 Å². The molecule has 2 saturated carbocycles. The summed E-state index contributed by atoms with van der Waals surface area (Å²) in [6.45, 7) is 2.50. The Bertz CT molecular complexity index is 602. The van der Waals surface area contributed by atoms with E-state index in [1.807, 2.05) is 12.1 Å². The molecular weight excluding hydrogens is 327 g/mol. The maximum atomic E-state index is 13.1. The van der Waals surface area contributed by atoms with Crippen LogP contribution >= 0.6 is 12.4 Å². The Morgan fingerprint density at radius 3 is 2.67 bits per heavy atom. The molecule has 2 N–H and O–H groups in total. The summed E-state index contributed by atoms with van der Waals surface area (Å²) >= 11 is 0. The quantitative estimate of drug-likeness (QED) is 0.873. The topological polar surface area (TPSA) is 41.1 Å². The maximum Gasteiger partial charge on any atom is 0.227 e. The molecule has 3 fully saturated rings. The van der Waals surface area contributed by atoms with Crippen molar-refractivity contribution in [2.24, 2.45) is 11.3 Å². The third-order valence-electron chi connectivity index (χ3n) is 6.39. The van der Waals surface area contributed by atoms with E-state index in [1.54, 1.807) is 0 Å². The second-order valence-electron chi connectivity index (χ2n) is 7.70. The summed E-state index contributed by atoms with van der Waals surface area (Å²) in [5, 5.41) is 6.69. The number of hydrogen-bond donors (Lipinski definition) is 2. The van der Waals surface area contributed by atoms with Crippen LogP contribution in [-0.2, 0) is 10.2 Å². The minimum Gasteiger partial charge on any atom is -0.355 e. The third kappa shape index (κ3) is 2.95.